The summed E-state index contributed by atoms with van der Waals surface area (Å²) in [6.45, 7) is 2.36. The lowest BCUT2D eigenvalue weighted by molar-refractivity contribution is -0.128. The highest BCUT2D eigenvalue weighted by molar-refractivity contribution is 5.86. The number of piperidine rings is 1. The standard InChI is InChI=1S/C15H27N3O.2ClH/c16-15(8-3-1-4-9-15)14(19)17-12-7-11-18-10-5-2-6-13(12)18;;/h12-13H,1-11,16H2,(H,17,19);2*1H. The molecule has 0 aromatic carbocycles. The second kappa shape index (κ2) is 8.00. The molecule has 1 aliphatic carbocycles. The first-order valence-corrected chi connectivity index (χ1v) is 8.03. The normalized spacial score (nSPS) is 31.5. The molecule has 4 nitrogen and oxygen atoms in total. The van der Waals surface area contributed by atoms with Crippen LogP contribution in [0.4, 0.5) is 0 Å². The van der Waals surface area contributed by atoms with E-state index in [-0.39, 0.29) is 30.7 Å². The number of fused-ring (bicyclic) bond motifs is 1. The monoisotopic (exact) mass is 337 g/mol. The molecule has 0 radical (unpaired) electrons. The van der Waals surface area contributed by atoms with Crippen LogP contribution in [0.3, 0.4) is 0 Å². The number of hydrogen-bond donors (Lipinski definition) is 2. The molecule has 1 amide bonds. The third-order valence-corrected chi connectivity index (χ3v) is 5.37. The molecule has 3 fully saturated rings. The van der Waals surface area contributed by atoms with Gasteiger partial charge >= 0.3 is 0 Å². The molecule has 2 saturated heterocycles. The fraction of sp³-hybridized carbons (Fsp3) is 0.933. The Morgan fingerprint density at radius 1 is 1.00 bits per heavy atom. The first-order chi connectivity index (χ1) is 9.19. The van der Waals surface area contributed by atoms with Gasteiger partial charge in [-0.05, 0) is 38.6 Å². The summed E-state index contributed by atoms with van der Waals surface area (Å²) in [6.07, 6.45) is 10.1. The van der Waals surface area contributed by atoms with Gasteiger partial charge in [-0.15, -0.1) is 24.8 Å². The minimum atomic E-state index is -0.583. The number of carbonyl (C=O) groups is 1. The quantitative estimate of drug-likeness (QED) is 0.812. The zero-order valence-corrected chi connectivity index (χ0v) is 14.3. The first kappa shape index (κ1) is 19.0. The van der Waals surface area contributed by atoms with Gasteiger partial charge in [-0.25, -0.2) is 0 Å². The molecular formula is C15H29Cl2N3O. The minimum Gasteiger partial charge on any atom is -0.350 e. The Morgan fingerprint density at radius 3 is 2.43 bits per heavy atom. The molecule has 0 spiro atoms. The number of nitrogens with two attached hydrogens (primary N) is 1. The van der Waals surface area contributed by atoms with Gasteiger partial charge in [0, 0.05) is 18.6 Å². The Kier molecular flexibility index (Phi) is 7.25. The molecule has 0 aromatic rings. The summed E-state index contributed by atoms with van der Waals surface area (Å²) in [7, 11) is 0. The summed E-state index contributed by atoms with van der Waals surface area (Å²) in [6, 6.07) is 0.917. The fourth-order valence-electron chi connectivity index (χ4n) is 4.14. The number of rotatable bonds is 2. The predicted octanol–water partition coefficient (Wildman–Crippen LogP) is 2.23. The summed E-state index contributed by atoms with van der Waals surface area (Å²) in [5, 5.41) is 3.28. The molecule has 2 aliphatic heterocycles. The van der Waals surface area contributed by atoms with Crippen molar-refractivity contribution in [2.24, 2.45) is 5.73 Å². The predicted molar refractivity (Wildman–Crippen MR) is 90.3 cm³/mol. The number of amides is 1. The van der Waals surface area contributed by atoms with Gasteiger partial charge < -0.3 is 11.1 Å². The van der Waals surface area contributed by atoms with Crippen molar-refractivity contribution in [2.45, 2.75) is 75.4 Å². The lowest BCUT2D eigenvalue weighted by atomic mass is 9.81. The molecule has 0 bridgehead atoms. The fourth-order valence-corrected chi connectivity index (χ4v) is 4.14. The summed E-state index contributed by atoms with van der Waals surface area (Å²) in [4.78, 5) is 15.0. The molecule has 2 atom stereocenters. The number of halogens is 2. The Hall–Kier alpha value is -0.0300. The summed E-state index contributed by atoms with van der Waals surface area (Å²) < 4.78 is 0. The van der Waals surface area contributed by atoms with Crippen molar-refractivity contribution < 1.29 is 4.79 Å². The van der Waals surface area contributed by atoms with Crippen LogP contribution in [-0.2, 0) is 4.79 Å². The van der Waals surface area contributed by atoms with Crippen LogP contribution < -0.4 is 11.1 Å². The Bertz CT molecular complexity index is 348. The Balaban J connectivity index is 0.00000110. The van der Waals surface area contributed by atoms with E-state index in [4.69, 9.17) is 5.73 Å². The lowest BCUT2D eigenvalue weighted by Gasteiger charge is -2.36. The third kappa shape index (κ3) is 4.04. The maximum Gasteiger partial charge on any atom is 0.240 e. The van der Waals surface area contributed by atoms with Crippen LogP contribution in [0, 0.1) is 0 Å². The maximum absolute atomic E-state index is 12.5. The van der Waals surface area contributed by atoms with Crippen molar-refractivity contribution in [3.63, 3.8) is 0 Å². The van der Waals surface area contributed by atoms with Crippen molar-refractivity contribution >= 4 is 30.7 Å². The summed E-state index contributed by atoms with van der Waals surface area (Å²) in [5.74, 6) is 0.115. The molecule has 2 unspecified atom stereocenters. The topological polar surface area (TPSA) is 58.4 Å². The summed E-state index contributed by atoms with van der Waals surface area (Å²) >= 11 is 0. The second-order valence-electron chi connectivity index (χ2n) is 6.68. The van der Waals surface area contributed by atoms with Crippen LogP contribution in [0.5, 0.6) is 0 Å². The molecule has 3 rings (SSSR count). The largest absolute Gasteiger partial charge is 0.350 e. The minimum absolute atomic E-state index is 0. The number of nitrogens with one attached hydrogen (secondary N) is 1. The average molecular weight is 338 g/mol. The first-order valence-electron chi connectivity index (χ1n) is 8.03. The second-order valence-corrected chi connectivity index (χ2v) is 6.68. The highest BCUT2D eigenvalue weighted by Crippen LogP contribution is 2.29. The van der Waals surface area contributed by atoms with Crippen molar-refractivity contribution in [1.82, 2.24) is 10.2 Å². The third-order valence-electron chi connectivity index (χ3n) is 5.37. The van der Waals surface area contributed by atoms with Crippen LogP contribution >= 0.6 is 24.8 Å². The number of nitrogens with zero attached hydrogens (tertiary/aromatic N) is 1. The Morgan fingerprint density at radius 2 is 1.71 bits per heavy atom. The van der Waals surface area contributed by atoms with E-state index < -0.39 is 5.54 Å². The van der Waals surface area contributed by atoms with E-state index >= 15 is 0 Å². The molecule has 3 aliphatic rings. The zero-order chi connectivity index (χ0) is 13.3. The molecule has 124 valence electrons. The molecule has 0 aromatic heterocycles. The van der Waals surface area contributed by atoms with Crippen molar-refractivity contribution in [3.8, 4) is 0 Å². The van der Waals surface area contributed by atoms with Crippen molar-refractivity contribution in [1.29, 1.82) is 0 Å². The average Bonchev–Trinajstić information content (AvgIpc) is 2.83. The zero-order valence-electron chi connectivity index (χ0n) is 12.7. The van der Waals surface area contributed by atoms with Gasteiger partial charge in [0.15, 0.2) is 0 Å². The highest BCUT2D eigenvalue weighted by Gasteiger charge is 2.41. The van der Waals surface area contributed by atoms with Gasteiger partial charge in [0.1, 0.15) is 0 Å². The molecule has 2 heterocycles. The van der Waals surface area contributed by atoms with Gasteiger partial charge in [-0.3, -0.25) is 9.69 Å². The lowest BCUT2D eigenvalue weighted by Crippen LogP contribution is -2.59. The van der Waals surface area contributed by atoms with E-state index in [1.54, 1.807) is 0 Å². The number of hydrogen-bond acceptors (Lipinski definition) is 3. The van der Waals surface area contributed by atoms with Gasteiger partial charge in [-0.1, -0.05) is 25.7 Å². The number of carbonyl (C=O) groups excluding carboxylic acids is 1. The molecule has 6 heteroatoms. The highest BCUT2D eigenvalue weighted by atomic mass is 35.5. The Labute approximate surface area is 140 Å². The van der Waals surface area contributed by atoms with Crippen LogP contribution in [0.25, 0.3) is 0 Å². The maximum atomic E-state index is 12.5. The van der Waals surface area contributed by atoms with E-state index in [9.17, 15) is 4.79 Å². The van der Waals surface area contributed by atoms with Gasteiger partial charge in [0.05, 0.1) is 5.54 Å². The van der Waals surface area contributed by atoms with Crippen LogP contribution in [0.2, 0.25) is 0 Å². The molecule has 3 N–H and O–H groups in total. The summed E-state index contributed by atoms with van der Waals surface area (Å²) in [5.41, 5.74) is 5.74. The van der Waals surface area contributed by atoms with Crippen molar-refractivity contribution in [3.05, 3.63) is 0 Å². The van der Waals surface area contributed by atoms with E-state index in [0.717, 1.165) is 38.6 Å². The van der Waals surface area contributed by atoms with Crippen LogP contribution in [0.15, 0.2) is 0 Å². The molecular weight excluding hydrogens is 309 g/mol. The smallest absolute Gasteiger partial charge is 0.240 e. The van der Waals surface area contributed by atoms with E-state index in [0.29, 0.717) is 12.1 Å². The SMILES string of the molecule is Cl.Cl.NC1(C(=O)NC2CCN3CCCCC23)CCCCC1. The van der Waals surface area contributed by atoms with E-state index in [1.165, 1.54) is 32.2 Å². The van der Waals surface area contributed by atoms with Gasteiger partial charge in [0.25, 0.3) is 0 Å². The van der Waals surface area contributed by atoms with Crippen LogP contribution in [0.1, 0.15) is 57.8 Å². The van der Waals surface area contributed by atoms with E-state index in [2.05, 4.69) is 10.2 Å². The van der Waals surface area contributed by atoms with Gasteiger partial charge in [0.2, 0.25) is 5.91 Å². The molecule has 21 heavy (non-hydrogen) atoms. The van der Waals surface area contributed by atoms with Crippen LogP contribution in [-0.4, -0.2) is 41.5 Å². The van der Waals surface area contributed by atoms with Crippen molar-refractivity contribution in [2.75, 3.05) is 13.1 Å². The van der Waals surface area contributed by atoms with E-state index in [1.807, 2.05) is 0 Å². The molecule has 1 saturated carbocycles. The van der Waals surface area contributed by atoms with Gasteiger partial charge in [-0.2, -0.15) is 0 Å².